The molecular formula is C34H38N6O3. The quantitative estimate of drug-likeness (QED) is 0.265. The molecule has 0 bridgehead atoms. The van der Waals surface area contributed by atoms with Gasteiger partial charge in [-0.3, -0.25) is 19.3 Å². The Hall–Kier alpha value is -4.76. The van der Waals surface area contributed by atoms with E-state index in [9.17, 15) is 14.4 Å². The number of fused-ring (bicyclic) bond motifs is 1. The molecule has 3 amide bonds. The lowest BCUT2D eigenvalue weighted by Crippen LogP contribution is -2.49. The second kappa shape index (κ2) is 12.6. The summed E-state index contributed by atoms with van der Waals surface area (Å²) >= 11 is 0. The minimum atomic E-state index is -0.662. The number of nitrogens with two attached hydrogens (primary N) is 1. The number of hydrogen-bond donors (Lipinski definition) is 3. The molecule has 1 aliphatic heterocycles. The molecule has 1 atom stereocenters. The molecule has 222 valence electrons. The highest BCUT2D eigenvalue weighted by Gasteiger charge is 2.32. The van der Waals surface area contributed by atoms with E-state index < -0.39 is 11.6 Å². The first kappa shape index (κ1) is 29.7. The largest absolute Gasteiger partial charge is 0.344 e. The Kier molecular flexibility index (Phi) is 8.73. The van der Waals surface area contributed by atoms with Crippen LogP contribution in [0.1, 0.15) is 50.3 Å². The number of aryl methyl sites for hydroxylation is 1. The topological polar surface area (TPSA) is 124 Å². The van der Waals surface area contributed by atoms with Gasteiger partial charge in [-0.05, 0) is 60.6 Å². The van der Waals surface area contributed by atoms with Crippen LogP contribution in [0.2, 0.25) is 0 Å². The summed E-state index contributed by atoms with van der Waals surface area (Å²) in [4.78, 5) is 49.5. The van der Waals surface area contributed by atoms with Gasteiger partial charge in [0.1, 0.15) is 11.9 Å². The number of nitrogens with one attached hydrogen (secondary N) is 2. The van der Waals surface area contributed by atoms with Gasteiger partial charge in [0.25, 0.3) is 0 Å². The number of imidazole rings is 1. The number of H-pyrrole nitrogens is 1. The maximum atomic E-state index is 13.8. The average Bonchev–Trinajstić information content (AvgIpc) is 3.47. The van der Waals surface area contributed by atoms with Crippen LogP contribution in [-0.2, 0) is 33.9 Å². The number of anilines is 2. The highest BCUT2D eigenvalue weighted by molar-refractivity contribution is 6.00. The minimum absolute atomic E-state index is 0.0852. The highest BCUT2D eigenvalue weighted by atomic mass is 16.2. The Morgan fingerprint density at radius 3 is 2.49 bits per heavy atom. The van der Waals surface area contributed by atoms with Gasteiger partial charge in [0, 0.05) is 24.6 Å². The van der Waals surface area contributed by atoms with Crippen molar-refractivity contribution < 1.29 is 14.4 Å². The summed E-state index contributed by atoms with van der Waals surface area (Å²) in [6.45, 7) is 5.89. The smallest absolute Gasteiger partial charge is 0.249 e. The van der Waals surface area contributed by atoms with Crippen molar-refractivity contribution in [2.24, 2.45) is 5.73 Å². The lowest BCUT2D eigenvalue weighted by Gasteiger charge is -2.27. The molecule has 0 fully saturated rings. The number of aromatic amines is 1. The van der Waals surface area contributed by atoms with Crippen LogP contribution in [-0.4, -0.2) is 39.3 Å². The molecule has 0 aliphatic carbocycles. The van der Waals surface area contributed by atoms with E-state index in [4.69, 9.17) is 5.73 Å². The zero-order chi connectivity index (χ0) is 30.6. The third-order valence-corrected chi connectivity index (χ3v) is 7.61. The summed E-state index contributed by atoms with van der Waals surface area (Å²) in [5.74, 6) is 0.195. The SMILES string of the molecule is CC(=O)N(Cc1ccccc1-c1ccc(CN2C(=O)[C@H](NC(=O)CC(C)(C)N)CCc3ccccc32)cc1)c1cnc[nH]1. The van der Waals surface area contributed by atoms with Crippen LogP contribution in [0.5, 0.6) is 0 Å². The first-order chi connectivity index (χ1) is 20.6. The van der Waals surface area contributed by atoms with Gasteiger partial charge >= 0.3 is 0 Å². The van der Waals surface area contributed by atoms with Crippen molar-refractivity contribution in [2.75, 3.05) is 9.80 Å². The zero-order valence-electron chi connectivity index (χ0n) is 24.8. The number of aromatic nitrogens is 2. The van der Waals surface area contributed by atoms with E-state index in [0.717, 1.165) is 33.5 Å². The standard InChI is InChI=1S/C34H38N6O3/c1-23(41)39(31-19-36-22-37-31)21-27-9-4-6-10-28(27)25-14-12-24(13-15-25)20-40-30-11-7-5-8-26(30)16-17-29(33(40)43)38-32(42)18-34(2,3)35/h4-15,19,22,29H,16-18,20-21,35H2,1-3H3,(H,36,37)(H,38,42)/t29-/m1/s1. The number of para-hydroxylation sites is 1. The highest BCUT2D eigenvalue weighted by Crippen LogP contribution is 2.30. The lowest BCUT2D eigenvalue weighted by atomic mass is 9.98. The molecule has 0 saturated carbocycles. The second-order valence-electron chi connectivity index (χ2n) is 11.8. The fourth-order valence-corrected chi connectivity index (χ4v) is 5.52. The summed E-state index contributed by atoms with van der Waals surface area (Å²) < 4.78 is 0. The van der Waals surface area contributed by atoms with Gasteiger partial charge in [-0.1, -0.05) is 66.7 Å². The van der Waals surface area contributed by atoms with Gasteiger partial charge in [0.05, 0.1) is 25.6 Å². The molecule has 0 radical (unpaired) electrons. The minimum Gasteiger partial charge on any atom is -0.344 e. The van der Waals surface area contributed by atoms with E-state index in [2.05, 4.69) is 15.3 Å². The van der Waals surface area contributed by atoms with E-state index in [-0.39, 0.29) is 24.1 Å². The Morgan fingerprint density at radius 1 is 1.07 bits per heavy atom. The van der Waals surface area contributed by atoms with E-state index in [0.29, 0.717) is 31.7 Å². The van der Waals surface area contributed by atoms with Gasteiger partial charge in [-0.25, -0.2) is 4.98 Å². The van der Waals surface area contributed by atoms with Crippen molar-refractivity contribution in [3.8, 4) is 11.1 Å². The fourth-order valence-electron chi connectivity index (χ4n) is 5.52. The maximum absolute atomic E-state index is 13.8. The molecule has 1 aromatic heterocycles. The van der Waals surface area contributed by atoms with Crippen LogP contribution in [0.15, 0.2) is 85.3 Å². The van der Waals surface area contributed by atoms with E-state index in [1.165, 1.54) is 6.92 Å². The van der Waals surface area contributed by atoms with Crippen molar-refractivity contribution in [2.45, 2.75) is 64.7 Å². The Bertz CT molecular complexity index is 1590. The van der Waals surface area contributed by atoms with Gasteiger partial charge in [-0.2, -0.15) is 0 Å². The molecule has 9 nitrogen and oxygen atoms in total. The predicted molar refractivity (Wildman–Crippen MR) is 168 cm³/mol. The van der Waals surface area contributed by atoms with Gasteiger partial charge in [-0.15, -0.1) is 0 Å². The van der Waals surface area contributed by atoms with Crippen LogP contribution < -0.4 is 20.9 Å². The Balaban J connectivity index is 1.38. The lowest BCUT2D eigenvalue weighted by molar-refractivity contribution is -0.128. The van der Waals surface area contributed by atoms with E-state index >= 15 is 0 Å². The molecule has 5 rings (SSSR count). The first-order valence-corrected chi connectivity index (χ1v) is 14.5. The number of carbonyl (C=O) groups is 3. The van der Waals surface area contributed by atoms with Crippen molar-refractivity contribution in [1.29, 1.82) is 0 Å². The molecule has 4 N–H and O–H groups in total. The Labute approximate surface area is 252 Å². The summed E-state index contributed by atoms with van der Waals surface area (Å²) in [6.07, 6.45) is 4.53. The summed E-state index contributed by atoms with van der Waals surface area (Å²) in [5.41, 5.74) is 11.3. The van der Waals surface area contributed by atoms with E-state index in [1.807, 2.05) is 72.8 Å². The summed E-state index contributed by atoms with van der Waals surface area (Å²) in [7, 11) is 0. The number of nitrogens with zero attached hydrogens (tertiary/aromatic N) is 3. The van der Waals surface area contributed by atoms with Crippen LogP contribution in [0, 0.1) is 0 Å². The third kappa shape index (κ3) is 7.18. The van der Waals surface area contributed by atoms with Crippen molar-refractivity contribution in [3.05, 3.63) is 102 Å². The molecule has 1 aliphatic rings. The maximum Gasteiger partial charge on any atom is 0.249 e. The van der Waals surface area contributed by atoms with Crippen molar-refractivity contribution in [1.82, 2.24) is 15.3 Å². The van der Waals surface area contributed by atoms with Gasteiger partial charge in [0.2, 0.25) is 17.7 Å². The molecule has 9 heteroatoms. The number of carbonyl (C=O) groups excluding carboxylic acids is 3. The normalized spacial score (nSPS) is 15.0. The van der Waals surface area contributed by atoms with Gasteiger partial charge < -0.3 is 20.9 Å². The molecule has 2 heterocycles. The summed E-state index contributed by atoms with van der Waals surface area (Å²) in [6, 6.07) is 23.4. The number of amides is 3. The van der Waals surface area contributed by atoms with Gasteiger partial charge in [0.15, 0.2) is 0 Å². The number of hydrogen-bond acceptors (Lipinski definition) is 5. The van der Waals surface area contributed by atoms with Crippen molar-refractivity contribution in [3.63, 3.8) is 0 Å². The number of benzene rings is 3. The van der Waals surface area contributed by atoms with E-state index in [1.54, 1.807) is 36.2 Å². The van der Waals surface area contributed by atoms with Crippen molar-refractivity contribution >= 4 is 29.2 Å². The monoisotopic (exact) mass is 578 g/mol. The van der Waals surface area contributed by atoms with Crippen LogP contribution in [0.4, 0.5) is 11.5 Å². The molecule has 0 saturated heterocycles. The van der Waals surface area contributed by atoms with Crippen LogP contribution in [0.25, 0.3) is 11.1 Å². The van der Waals surface area contributed by atoms with Crippen LogP contribution >= 0.6 is 0 Å². The fraction of sp³-hybridized carbons (Fsp3) is 0.294. The molecule has 0 spiro atoms. The molecule has 3 aromatic carbocycles. The van der Waals surface area contributed by atoms with Crippen LogP contribution in [0.3, 0.4) is 0 Å². The average molecular weight is 579 g/mol. The zero-order valence-corrected chi connectivity index (χ0v) is 24.8. The number of rotatable bonds is 9. The third-order valence-electron chi connectivity index (χ3n) is 7.61. The summed E-state index contributed by atoms with van der Waals surface area (Å²) in [5, 5.41) is 2.94. The first-order valence-electron chi connectivity index (χ1n) is 14.5. The molecule has 43 heavy (non-hydrogen) atoms. The predicted octanol–water partition coefficient (Wildman–Crippen LogP) is 4.72. The molecule has 4 aromatic rings. The second-order valence-corrected chi connectivity index (χ2v) is 11.8. The Morgan fingerprint density at radius 2 is 1.79 bits per heavy atom. The molecular weight excluding hydrogens is 540 g/mol. The molecule has 0 unspecified atom stereocenters.